The predicted molar refractivity (Wildman–Crippen MR) is 100 cm³/mol. The molecule has 2 aromatic rings. The zero-order valence-electron chi connectivity index (χ0n) is 15.4. The van der Waals surface area contributed by atoms with E-state index in [-0.39, 0.29) is 11.5 Å². The Morgan fingerprint density at radius 1 is 1.19 bits per heavy atom. The lowest BCUT2D eigenvalue weighted by atomic mass is 10.2. The summed E-state index contributed by atoms with van der Waals surface area (Å²) < 4.78 is 34.8. The molecule has 6 nitrogen and oxygen atoms in total. The first-order valence-corrected chi connectivity index (χ1v) is 8.67. The number of hydrogen-bond acceptors (Lipinski definition) is 4. The van der Waals surface area contributed by atoms with Crippen LogP contribution in [0, 0.1) is 0 Å². The van der Waals surface area contributed by atoms with Gasteiger partial charge in [0, 0.05) is 38.4 Å². The normalized spacial score (nSPS) is 11.4. The van der Waals surface area contributed by atoms with Gasteiger partial charge in [0.25, 0.3) is 0 Å². The van der Waals surface area contributed by atoms with Gasteiger partial charge in [-0.1, -0.05) is 12.1 Å². The summed E-state index contributed by atoms with van der Waals surface area (Å²) in [4.78, 5) is 8.44. The van der Waals surface area contributed by atoms with Crippen molar-refractivity contribution in [2.75, 3.05) is 20.2 Å². The van der Waals surface area contributed by atoms with Gasteiger partial charge >= 0.3 is 6.61 Å². The maximum Gasteiger partial charge on any atom is 0.387 e. The topological polar surface area (TPSA) is 67.8 Å². The van der Waals surface area contributed by atoms with Gasteiger partial charge in [0.05, 0.1) is 6.61 Å². The Hall–Kier alpha value is -2.90. The van der Waals surface area contributed by atoms with Gasteiger partial charge in [-0.3, -0.25) is 9.98 Å². The molecule has 0 atom stereocenters. The van der Waals surface area contributed by atoms with Gasteiger partial charge in [0.2, 0.25) is 0 Å². The van der Waals surface area contributed by atoms with Crippen LogP contribution < -0.4 is 20.1 Å². The van der Waals surface area contributed by atoms with Gasteiger partial charge in [-0.25, -0.2) is 0 Å². The first kappa shape index (κ1) is 20.4. The fraction of sp³-hybridized carbons (Fsp3) is 0.368. The molecular weight excluding hydrogens is 354 g/mol. The van der Waals surface area contributed by atoms with Crippen molar-refractivity contribution in [1.29, 1.82) is 0 Å². The first-order valence-electron chi connectivity index (χ1n) is 8.67. The monoisotopic (exact) mass is 378 g/mol. The van der Waals surface area contributed by atoms with Crippen LogP contribution in [0.1, 0.15) is 18.2 Å². The average molecular weight is 378 g/mol. The SMILES string of the molecule is CCOc1cc(CNC(=NC)NCCc2ccccn2)ccc1OC(F)F. The lowest BCUT2D eigenvalue weighted by Gasteiger charge is -2.14. The molecule has 1 aromatic carbocycles. The van der Waals surface area contributed by atoms with Gasteiger partial charge in [-0.05, 0) is 36.8 Å². The number of benzene rings is 1. The number of hydrogen-bond donors (Lipinski definition) is 2. The van der Waals surface area contributed by atoms with Crippen LogP contribution in [0.4, 0.5) is 8.78 Å². The van der Waals surface area contributed by atoms with Crippen LogP contribution in [0.5, 0.6) is 11.5 Å². The number of aromatic nitrogens is 1. The van der Waals surface area contributed by atoms with Crippen molar-refractivity contribution in [3.05, 3.63) is 53.9 Å². The highest BCUT2D eigenvalue weighted by atomic mass is 19.3. The van der Waals surface area contributed by atoms with E-state index in [0.29, 0.717) is 25.7 Å². The van der Waals surface area contributed by atoms with E-state index < -0.39 is 6.61 Å². The standard InChI is InChI=1S/C19H24F2N4O2/c1-3-26-17-12-14(7-8-16(17)27-18(20)21)13-25-19(22-2)24-11-9-15-6-4-5-10-23-15/h4-8,10,12,18H,3,9,11,13H2,1-2H3,(H2,22,24,25). The van der Waals surface area contributed by atoms with E-state index >= 15 is 0 Å². The maximum atomic E-state index is 12.5. The van der Waals surface area contributed by atoms with Gasteiger partial charge in [0.1, 0.15) is 0 Å². The Morgan fingerprint density at radius 2 is 2.04 bits per heavy atom. The number of nitrogens with one attached hydrogen (secondary N) is 2. The van der Waals surface area contributed by atoms with Crippen molar-refractivity contribution in [2.45, 2.75) is 26.5 Å². The molecule has 0 saturated heterocycles. The van der Waals surface area contributed by atoms with Crippen LogP contribution in [-0.4, -0.2) is 37.8 Å². The summed E-state index contributed by atoms with van der Waals surface area (Å²) in [6, 6.07) is 10.7. The second kappa shape index (κ2) is 10.9. The van der Waals surface area contributed by atoms with Crippen molar-refractivity contribution in [3.8, 4) is 11.5 Å². The van der Waals surface area contributed by atoms with E-state index in [4.69, 9.17) is 4.74 Å². The number of rotatable bonds is 9. The van der Waals surface area contributed by atoms with Crippen LogP contribution in [0.15, 0.2) is 47.6 Å². The lowest BCUT2D eigenvalue weighted by molar-refractivity contribution is -0.0514. The molecule has 27 heavy (non-hydrogen) atoms. The third kappa shape index (κ3) is 7.08. The largest absolute Gasteiger partial charge is 0.490 e. The molecule has 0 amide bonds. The first-order chi connectivity index (χ1) is 13.1. The quantitative estimate of drug-likeness (QED) is 0.519. The minimum atomic E-state index is -2.89. The van der Waals surface area contributed by atoms with Crippen LogP contribution in [0.25, 0.3) is 0 Å². The Bertz CT molecular complexity index is 727. The van der Waals surface area contributed by atoms with Crippen LogP contribution >= 0.6 is 0 Å². The van der Waals surface area contributed by atoms with Crippen LogP contribution in [0.2, 0.25) is 0 Å². The summed E-state index contributed by atoms with van der Waals surface area (Å²) in [5.74, 6) is 0.945. The Balaban J connectivity index is 1.88. The molecule has 0 spiro atoms. The maximum absolute atomic E-state index is 12.5. The van der Waals surface area contributed by atoms with Crippen molar-refractivity contribution in [3.63, 3.8) is 0 Å². The fourth-order valence-electron chi connectivity index (χ4n) is 2.39. The molecule has 0 aliphatic carbocycles. The molecule has 0 radical (unpaired) electrons. The molecule has 1 aromatic heterocycles. The molecule has 2 rings (SSSR count). The molecule has 0 fully saturated rings. The molecule has 0 aliphatic rings. The van der Waals surface area contributed by atoms with E-state index in [1.165, 1.54) is 6.07 Å². The molecule has 0 aliphatic heterocycles. The Labute approximate surface area is 157 Å². The van der Waals surface area contributed by atoms with Crippen LogP contribution in [0.3, 0.4) is 0 Å². The summed E-state index contributed by atoms with van der Waals surface area (Å²) in [6.45, 7) is 0.383. The smallest absolute Gasteiger partial charge is 0.387 e. The second-order valence-electron chi connectivity index (χ2n) is 5.52. The molecule has 0 unspecified atom stereocenters. The van der Waals surface area contributed by atoms with Crippen molar-refractivity contribution in [2.24, 2.45) is 4.99 Å². The summed E-state index contributed by atoms with van der Waals surface area (Å²) in [5, 5.41) is 6.38. The highest BCUT2D eigenvalue weighted by Crippen LogP contribution is 2.29. The van der Waals surface area contributed by atoms with Gasteiger partial charge in [0.15, 0.2) is 17.5 Å². The third-order valence-electron chi connectivity index (χ3n) is 3.61. The summed E-state index contributed by atoms with van der Waals surface area (Å²) in [7, 11) is 1.68. The van der Waals surface area contributed by atoms with Crippen molar-refractivity contribution in [1.82, 2.24) is 15.6 Å². The number of alkyl halides is 2. The van der Waals surface area contributed by atoms with Gasteiger partial charge < -0.3 is 20.1 Å². The molecule has 8 heteroatoms. The molecule has 2 N–H and O–H groups in total. The lowest BCUT2D eigenvalue weighted by Crippen LogP contribution is -2.37. The fourth-order valence-corrected chi connectivity index (χ4v) is 2.39. The van der Waals surface area contributed by atoms with E-state index in [9.17, 15) is 8.78 Å². The number of aliphatic imine (C=N–C) groups is 1. The summed E-state index contributed by atoms with van der Waals surface area (Å²) in [5.41, 5.74) is 1.85. The number of nitrogens with zero attached hydrogens (tertiary/aromatic N) is 2. The van der Waals surface area contributed by atoms with Crippen LogP contribution in [-0.2, 0) is 13.0 Å². The Morgan fingerprint density at radius 3 is 2.70 bits per heavy atom. The summed E-state index contributed by atoms with van der Waals surface area (Å²) in [6.07, 6.45) is 2.54. The van der Waals surface area contributed by atoms with E-state index in [1.54, 1.807) is 32.3 Å². The van der Waals surface area contributed by atoms with E-state index in [1.807, 2.05) is 18.2 Å². The van der Waals surface area contributed by atoms with Gasteiger partial charge in [-0.15, -0.1) is 0 Å². The highest BCUT2D eigenvalue weighted by Gasteiger charge is 2.11. The number of pyridine rings is 1. The Kier molecular flexibility index (Phi) is 8.28. The average Bonchev–Trinajstić information content (AvgIpc) is 2.67. The molecule has 1 heterocycles. The number of guanidine groups is 1. The van der Waals surface area contributed by atoms with Gasteiger partial charge in [-0.2, -0.15) is 8.78 Å². The molecule has 0 saturated carbocycles. The number of ether oxygens (including phenoxy) is 2. The van der Waals surface area contributed by atoms with E-state index in [2.05, 4.69) is 25.3 Å². The minimum absolute atomic E-state index is 0.0217. The van der Waals surface area contributed by atoms with Crippen molar-refractivity contribution >= 4 is 5.96 Å². The van der Waals surface area contributed by atoms with E-state index in [0.717, 1.165) is 17.7 Å². The minimum Gasteiger partial charge on any atom is -0.490 e. The number of halogens is 2. The second-order valence-corrected chi connectivity index (χ2v) is 5.52. The molecule has 146 valence electrons. The highest BCUT2D eigenvalue weighted by molar-refractivity contribution is 5.79. The zero-order valence-corrected chi connectivity index (χ0v) is 15.4. The third-order valence-corrected chi connectivity index (χ3v) is 3.61. The molecule has 0 bridgehead atoms. The molecular formula is C19H24F2N4O2. The predicted octanol–water partition coefficient (Wildman–Crippen LogP) is 2.99. The summed E-state index contributed by atoms with van der Waals surface area (Å²) >= 11 is 0. The zero-order chi connectivity index (χ0) is 19.5. The van der Waals surface area contributed by atoms with Crippen molar-refractivity contribution < 1.29 is 18.3 Å².